The number of alkyl carbamates (subject to hydrolysis) is 1. The van der Waals surface area contributed by atoms with E-state index in [-0.39, 0.29) is 87.8 Å². The van der Waals surface area contributed by atoms with Gasteiger partial charge >= 0.3 is 12.1 Å². The minimum absolute atomic E-state index is 0.0106. The molecule has 5 aromatic rings. The highest BCUT2D eigenvalue weighted by atomic mass is 16.6. The third-order valence-corrected chi connectivity index (χ3v) is 22.3. The van der Waals surface area contributed by atoms with Crippen molar-refractivity contribution in [1.29, 1.82) is 0 Å². The average Bonchev–Trinajstić information content (AvgIpc) is 1.56. The first-order valence-corrected chi connectivity index (χ1v) is 41.8. The van der Waals surface area contributed by atoms with Gasteiger partial charge in [0, 0.05) is 82.5 Å². The molecule has 4 aromatic heterocycles. The van der Waals surface area contributed by atoms with Crippen LogP contribution in [0, 0.1) is 29.6 Å². The molecule has 0 unspecified atom stereocenters. The molecule has 3 aliphatic heterocycles. The van der Waals surface area contributed by atoms with Crippen molar-refractivity contribution in [2.45, 2.75) is 218 Å². The fourth-order valence-corrected chi connectivity index (χ4v) is 15.4. The van der Waals surface area contributed by atoms with Crippen molar-refractivity contribution in [1.82, 2.24) is 55.3 Å². The van der Waals surface area contributed by atoms with Gasteiger partial charge < -0.3 is 105 Å². The minimum Gasteiger partial charge on any atom is -0.459 e. The molecule has 36 nitrogen and oxygen atoms in total. The van der Waals surface area contributed by atoms with E-state index in [0.29, 0.717) is 176 Å². The Morgan fingerprint density at radius 3 is 2.18 bits per heavy atom. The Balaban J connectivity index is 0.627. The number of allylic oxidation sites excluding steroid dienone is 6. The summed E-state index contributed by atoms with van der Waals surface area (Å²) in [6, 6.07) is 3.24. The van der Waals surface area contributed by atoms with Crippen LogP contribution in [0.15, 0.2) is 82.7 Å². The number of benzene rings is 1. The molecule has 7 heterocycles. The van der Waals surface area contributed by atoms with Crippen LogP contribution in [-0.2, 0) is 101 Å². The van der Waals surface area contributed by atoms with E-state index in [0.717, 1.165) is 28.9 Å². The van der Waals surface area contributed by atoms with Crippen LogP contribution in [0.1, 0.15) is 144 Å². The van der Waals surface area contributed by atoms with Gasteiger partial charge in [-0.2, -0.15) is 10.1 Å². The molecule has 2 saturated heterocycles. The number of rotatable bonds is 35. The lowest BCUT2D eigenvalue weighted by Crippen LogP contribution is -2.61. The van der Waals surface area contributed by atoms with E-state index in [9.17, 15) is 48.9 Å². The van der Waals surface area contributed by atoms with E-state index in [1.54, 1.807) is 56.4 Å². The number of carbonyl (C=O) groups excluding carboxylic acids is 7. The van der Waals surface area contributed by atoms with Crippen molar-refractivity contribution < 1.29 is 105 Å². The van der Waals surface area contributed by atoms with Crippen molar-refractivity contribution in [3.8, 4) is 11.3 Å². The van der Waals surface area contributed by atoms with Crippen LogP contribution in [-0.4, -0.2) is 268 Å². The number of nitrogens with two attached hydrogens (primary N) is 3. The number of aliphatic hydroxyl groups excluding tert-OH is 2. The molecule has 1 aromatic carbocycles. The van der Waals surface area contributed by atoms with Gasteiger partial charge in [-0.25, -0.2) is 28.9 Å². The van der Waals surface area contributed by atoms with Crippen molar-refractivity contribution in [2.75, 3.05) is 118 Å². The smallest absolute Gasteiger partial charge is 0.407 e. The Morgan fingerprint density at radius 1 is 0.775 bits per heavy atom. The molecular weight excluding hydrogens is 1560 g/mol. The number of piperidine rings is 1. The first kappa shape index (κ1) is 95.0. The number of unbranched alkanes of at least 4 members (excludes halogenated alkanes) is 1. The van der Waals surface area contributed by atoms with Gasteiger partial charge in [0.05, 0.1) is 122 Å². The zero-order valence-corrected chi connectivity index (χ0v) is 70.4. The summed E-state index contributed by atoms with van der Waals surface area (Å²) in [4.78, 5) is 111. The van der Waals surface area contributed by atoms with Gasteiger partial charge in [0.1, 0.15) is 65.3 Å². The third-order valence-electron chi connectivity index (χ3n) is 22.3. The number of hydrogen-bond acceptors (Lipinski definition) is 31. The summed E-state index contributed by atoms with van der Waals surface area (Å²) in [5, 5.41) is 54.4. The fraction of sp³-hybridized carbons (Fsp3) is 0.655. The molecule has 36 heteroatoms. The summed E-state index contributed by atoms with van der Waals surface area (Å²) in [6.07, 6.45) is 11.0. The molecule has 9 rings (SSSR count). The Bertz CT molecular complexity index is 4260. The molecule has 0 radical (unpaired) electrons. The Labute approximate surface area is 699 Å². The maximum absolute atomic E-state index is 14.7. The van der Waals surface area contributed by atoms with Gasteiger partial charge in [-0.05, 0) is 132 Å². The maximum Gasteiger partial charge on any atom is 0.407 e. The number of amides is 3. The van der Waals surface area contributed by atoms with E-state index in [2.05, 4.69) is 35.9 Å². The minimum atomic E-state index is -2.52. The van der Waals surface area contributed by atoms with Gasteiger partial charge in [0.15, 0.2) is 17.0 Å². The summed E-state index contributed by atoms with van der Waals surface area (Å²) in [7, 11) is 2.89. The number of nitrogens with zero attached hydrogens (tertiary/aromatic N) is 9. The predicted molar refractivity (Wildman–Crippen MR) is 439 cm³/mol. The van der Waals surface area contributed by atoms with Gasteiger partial charge in [0.2, 0.25) is 11.7 Å². The Morgan fingerprint density at radius 2 is 1.48 bits per heavy atom. The third kappa shape index (κ3) is 28.1. The second-order valence-corrected chi connectivity index (χ2v) is 31.5. The van der Waals surface area contributed by atoms with Crippen LogP contribution in [0.3, 0.4) is 0 Å². The van der Waals surface area contributed by atoms with E-state index >= 15 is 0 Å². The van der Waals surface area contributed by atoms with Crippen LogP contribution in [0.25, 0.3) is 33.4 Å². The fourth-order valence-electron chi connectivity index (χ4n) is 15.4. The summed E-state index contributed by atoms with van der Waals surface area (Å²) >= 11 is 0. The van der Waals surface area contributed by atoms with Crippen molar-refractivity contribution in [3.63, 3.8) is 0 Å². The number of aliphatic hydroxyl groups is 3. The topological polar surface area (TPSA) is 487 Å². The van der Waals surface area contributed by atoms with Gasteiger partial charge in [-0.1, -0.05) is 69.4 Å². The summed E-state index contributed by atoms with van der Waals surface area (Å²) in [6.45, 7) is 16.1. The van der Waals surface area contributed by atoms with Gasteiger partial charge in [-0.15, -0.1) is 5.10 Å². The number of carbonyl (C=O) groups is 7. The molecule has 0 spiro atoms. The number of fused-ring (bicyclic) bond motifs is 5. The number of Topliss-reactive ketones (excluding diaryl/α,β-unsaturated/α-hetero) is 3. The zero-order chi connectivity index (χ0) is 86.3. The molecular formula is C84H124N14O22. The molecule has 4 aliphatic rings. The van der Waals surface area contributed by atoms with Crippen LogP contribution in [0.2, 0.25) is 0 Å². The van der Waals surface area contributed by atoms with Gasteiger partial charge in [0.25, 0.3) is 17.7 Å². The first-order chi connectivity index (χ1) is 57.7. The molecule has 3 amide bonds. The van der Waals surface area contributed by atoms with E-state index in [1.807, 2.05) is 56.4 Å². The molecule has 15 atom stereocenters. The lowest BCUT2D eigenvalue weighted by atomic mass is 9.80. The number of aromatic nitrogens is 8. The monoisotopic (exact) mass is 1680 g/mol. The van der Waals surface area contributed by atoms with Crippen LogP contribution in [0.4, 0.5) is 16.6 Å². The number of nitrogen functional groups attached to an aromatic ring is 2. The summed E-state index contributed by atoms with van der Waals surface area (Å²) in [5.41, 5.74) is 23.7. The number of nitrogens with one attached hydrogen (secondary N) is 2. The predicted octanol–water partition coefficient (Wildman–Crippen LogP) is 5.94. The van der Waals surface area contributed by atoms with Crippen LogP contribution in [0.5, 0.6) is 0 Å². The molecule has 2 bridgehead atoms. The van der Waals surface area contributed by atoms with Crippen molar-refractivity contribution in [2.24, 2.45) is 35.3 Å². The lowest BCUT2D eigenvalue weighted by molar-refractivity contribution is -0.265. The largest absolute Gasteiger partial charge is 0.459 e. The van der Waals surface area contributed by atoms with Crippen LogP contribution < -0.4 is 27.8 Å². The molecule has 662 valence electrons. The van der Waals surface area contributed by atoms with E-state index in [4.69, 9.17) is 78.8 Å². The number of anilines is 2. The number of methoxy groups -OCH3 is 2. The highest BCUT2D eigenvalue weighted by molar-refractivity contribution is 6.39. The SMILES string of the molecule is CO[C@H]1C[C@@H]2CC[C@@H](C)[C@@](O)(O2)C(=O)C(=O)N2CCCC[C@H]2C(=O)O[C@H]([C@H](N)C[C@@H]2CC[C@@H](OC(=O)NCc3cn(CCOCCOCCOCCOCCOCCOCCC(=O)NCCCCn4nc(-c5ccc6oc(N)nc6c5)c5c(N)ncnc54)nn3)[C@H](O)C2)CC(=O)[C@H](C)/C=C(\C)[C@@H](O)[C@@H](OC)C(=O)[C@H](C)C[C@H](C)/C=C/C=C/C=C/1C. The second-order valence-electron chi connectivity index (χ2n) is 31.5. The van der Waals surface area contributed by atoms with E-state index < -0.39 is 114 Å². The highest BCUT2D eigenvalue weighted by Gasteiger charge is 2.53. The number of cyclic esters (lactones) is 1. The first-order valence-electron chi connectivity index (χ1n) is 41.8. The average molecular weight is 1680 g/mol. The summed E-state index contributed by atoms with van der Waals surface area (Å²) < 4.78 is 72.0. The second kappa shape index (κ2) is 48.1. The van der Waals surface area contributed by atoms with Gasteiger partial charge in [-0.3, -0.25) is 24.0 Å². The number of aryl methyl sites for hydroxylation is 1. The highest BCUT2D eigenvalue weighted by Crippen LogP contribution is 2.39. The van der Waals surface area contributed by atoms with Crippen molar-refractivity contribution in [3.05, 3.63) is 84.0 Å². The molecule has 120 heavy (non-hydrogen) atoms. The molecule has 11 N–H and O–H groups in total. The van der Waals surface area contributed by atoms with Crippen molar-refractivity contribution >= 4 is 75.2 Å². The summed E-state index contributed by atoms with van der Waals surface area (Å²) in [5.74, 6) is -8.81. The zero-order valence-electron chi connectivity index (χ0n) is 70.4. The lowest BCUT2D eigenvalue weighted by Gasteiger charge is -2.42. The Kier molecular flexibility index (Phi) is 38.0. The number of esters is 1. The maximum atomic E-state index is 14.7. The molecule has 1 saturated carbocycles. The standard InChI is InChI=1S/C84H124N14O22/c1-52-16-10-9-11-17-53(2)69(109-7)47-61-22-19-57(6)84(108,120-61)77(104)80(105)97-27-14-12-18-64(97)81(106)117-70(48-65(99)54(3)43-56(5)75(103)76(110-8)74(102)55(4)42-52)62(85)44-58-20-23-68(66(100)45-58)119-83(107)89-49-60-50-96(95-93-60)29-31-112-33-35-114-37-39-116-41-40-115-38-36-113-34-32-111-30-25-71(101)88-26-13-15-28-98-79-72(78(86)90-51-91-79)73(94-98)59-21-24-67-63(46-59)92-82(87)118-67/h9-11,16-17,21,24,43,46,50-52,54-55,57-58,61-62,64,66,68-70,75-76,100,103,108H,12-15,18-20,22-23,25-42,44-45,47-49,85H2,1-8H3,(H2,87,92)(H,88,101)(H,89,107)(H2,86,90,91)/b11-9+,16-10+,53-17+,56-43+/t52-,54-,55-,57-,58+,61+,62-,64+,66-,68-,69+,70+,75-,76+,84-/m1/s1. The number of hydrogen-bond donors (Lipinski definition) is 8. The molecule has 3 fully saturated rings. The van der Waals surface area contributed by atoms with Crippen LogP contribution >= 0.6 is 0 Å². The molecule has 1 aliphatic carbocycles. The Hall–Kier alpha value is -8.89. The number of ketones is 3. The number of oxazole rings is 1. The quantitative estimate of drug-likeness (QED) is 0.0101. The normalized spacial score (nSPS) is 27.3. The number of ether oxygens (including phenoxy) is 11. The van der Waals surface area contributed by atoms with E-state index in [1.165, 1.54) is 19.5 Å².